The van der Waals surface area contributed by atoms with Gasteiger partial charge in [-0.2, -0.15) is 0 Å². The zero-order chi connectivity index (χ0) is 29.2. The molecule has 2 aromatic carbocycles. The van der Waals surface area contributed by atoms with Crippen molar-refractivity contribution in [1.82, 2.24) is 14.9 Å². The zero-order valence-electron chi connectivity index (χ0n) is 21.8. The monoisotopic (exact) mass is 598 g/mol. The Morgan fingerprint density at radius 2 is 1.85 bits per heavy atom. The largest absolute Gasteiger partial charge is 0.453 e. The summed E-state index contributed by atoms with van der Waals surface area (Å²) < 4.78 is 59.4. The third-order valence-corrected chi connectivity index (χ3v) is 8.76. The van der Waals surface area contributed by atoms with E-state index in [2.05, 4.69) is 10.0 Å². The smallest absolute Gasteiger partial charge is 0.410 e. The highest BCUT2D eigenvalue weighted by Gasteiger charge is 2.48. The van der Waals surface area contributed by atoms with Crippen molar-refractivity contribution in [2.45, 2.75) is 54.6 Å². The van der Waals surface area contributed by atoms with Crippen LogP contribution in [0.4, 0.5) is 19.3 Å². The van der Waals surface area contributed by atoms with Crippen molar-refractivity contribution >= 4 is 45.2 Å². The lowest BCUT2D eigenvalue weighted by Gasteiger charge is -2.39. The van der Waals surface area contributed by atoms with Gasteiger partial charge in [-0.05, 0) is 44.2 Å². The SMILES string of the molecule is CNS(=O)(=O)c1cccc(N(C(=O)C2CCCN2C(=O)OC)[C@H](C(=O)NC2CC(F)(F)C2)c2ccccc2Cl)c1. The number of rotatable bonds is 8. The van der Waals surface area contributed by atoms with Gasteiger partial charge in [0.1, 0.15) is 12.1 Å². The number of halogens is 3. The molecule has 1 aliphatic carbocycles. The average Bonchev–Trinajstić information content (AvgIpc) is 3.40. The second-order valence-electron chi connectivity index (χ2n) is 9.63. The number of likely N-dealkylation sites (tertiary alicyclic amines) is 1. The third kappa shape index (κ3) is 6.06. The van der Waals surface area contributed by atoms with Gasteiger partial charge in [0.15, 0.2) is 0 Å². The quantitative estimate of drug-likeness (QED) is 0.479. The Morgan fingerprint density at radius 1 is 1.15 bits per heavy atom. The van der Waals surface area contributed by atoms with Crippen molar-refractivity contribution in [2.24, 2.45) is 0 Å². The lowest BCUT2D eigenvalue weighted by atomic mass is 9.87. The molecule has 2 fully saturated rings. The van der Waals surface area contributed by atoms with Crippen molar-refractivity contribution in [2.75, 3.05) is 25.6 Å². The molecular formula is C26H29ClF2N4O6S. The summed E-state index contributed by atoms with van der Waals surface area (Å²) in [5.41, 5.74) is 0.211. The van der Waals surface area contributed by atoms with Crippen LogP contribution in [0.3, 0.4) is 0 Å². The first-order valence-electron chi connectivity index (χ1n) is 12.5. The van der Waals surface area contributed by atoms with Crippen LogP contribution in [0.15, 0.2) is 53.4 Å². The molecule has 3 amide bonds. The standard InChI is InChI=1S/C26H29ClF2N4O6S/c1-30-40(37,38)18-8-5-7-17(13-18)33(24(35)21-11-6-12-32(21)25(36)39-2)22(19-9-3-4-10-20(19)27)23(34)31-16-14-26(28,29)15-16/h3-5,7-10,13,16,21-22,30H,6,11-12,14-15H2,1-2H3,(H,31,34)/t21?,22-/m0/s1. The van der Waals surface area contributed by atoms with Crippen LogP contribution in [0.1, 0.15) is 37.3 Å². The fraction of sp³-hybridized carbons (Fsp3) is 0.423. The first-order valence-corrected chi connectivity index (χ1v) is 14.4. The van der Waals surface area contributed by atoms with Gasteiger partial charge in [0.05, 0.1) is 12.0 Å². The van der Waals surface area contributed by atoms with Gasteiger partial charge >= 0.3 is 6.09 Å². The summed E-state index contributed by atoms with van der Waals surface area (Å²) in [5, 5.41) is 2.71. The van der Waals surface area contributed by atoms with Gasteiger partial charge in [-0.15, -0.1) is 0 Å². The van der Waals surface area contributed by atoms with Crippen LogP contribution in [0, 0.1) is 0 Å². The molecule has 1 saturated carbocycles. The van der Waals surface area contributed by atoms with Gasteiger partial charge in [-0.3, -0.25) is 19.4 Å². The minimum Gasteiger partial charge on any atom is -0.453 e. The van der Waals surface area contributed by atoms with Gasteiger partial charge in [0.25, 0.3) is 11.8 Å². The molecule has 1 saturated heterocycles. The number of nitrogens with one attached hydrogen (secondary N) is 2. The van der Waals surface area contributed by atoms with E-state index < -0.39 is 64.8 Å². The maximum Gasteiger partial charge on any atom is 0.410 e. The lowest BCUT2D eigenvalue weighted by Crippen LogP contribution is -2.56. The fourth-order valence-corrected chi connectivity index (χ4v) is 5.99. The van der Waals surface area contributed by atoms with Gasteiger partial charge in [0.2, 0.25) is 15.9 Å². The van der Waals surface area contributed by atoms with E-state index in [1.807, 2.05) is 0 Å². The van der Waals surface area contributed by atoms with E-state index in [9.17, 15) is 31.6 Å². The number of hydrogen-bond donors (Lipinski definition) is 2. The minimum atomic E-state index is -3.96. The molecular weight excluding hydrogens is 570 g/mol. The van der Waals surface area contributed by atoms with E-state index >= 15 is 0 Å². The van der Waals surface area contributed by atoms with Crippen molar-refractivity contribution in [3.8, 4) is 0 Å². The maximum absolute atomic E-state index is 14.3. The molecule has 0 bridgehead atoms. The topological polar surface area (TPSA) is 125 Å². The molecule has 1 heterocycles. The number of sulfonamides is 1. The van der Waals surface area contributed by atoms with Crippen LogP contribution < -0.4 is 14.9 Å². The summed E-state index contributed by atoms with van der Waals surface area (Å²) >= 11 is 6.49. The Labute approximate surface area is 235 Å². The number of nitrogens with zero attached hydrogens (tertiary/aromatic N) is 2. The number of carbonyl (C=O) groups excluding carboxylic acids is 3. The Balaban J connectivity index is 1.86. The Hall–Kier alpha value is -3.29. The predicted octanol–water partition coefficient (Wildman–Crippen LogP) is 3.47. The van der Waals surface area contributed by atoms with Crippen molar-refractivity contribution in [1.29, 1.82) is 0 Å². The van der Waals surface area contributed by atoms with Gasteiger partial charge < -0.3 is 10.1 Å². The summed E-state index contributed by atoms with van der Waals surface area (Å²) in [5.74, 6) is -4.39. The van der Waals surface area contributed by atoms with Crippen molar-refractivity contribution in [3.63, 3.8) is 0 Å². The highest BCUT2D eigenvalue weighted by molar-refractivity contribution is 7.89. The predicted molar refractivity (Wildman–Crippen MR) is 143 cm³/mol. The molecule has 2 N–H and O–H groups in total. The van der Waals surface area contributed by atoms with Crippen molar-refractivity contribution < 1.29 is 36.3 Å². The molecule has 0 spiro atoms. The van der Waals surface area contributed by atoms with E-state index in [1.54, 1.807) is 12.1 Å². The summed E-state index contributed by atoms with van der Waals surface area (Å²) in [7, 11) is -1.55. The van der Waals surface area contributed by atoms with Crippen molar-refractivity contribution in [3.05, 3.63) is 59.1 Å². The first-order chi connectivity index (χ1) is 18.9. The summed E-state index contributed by atoms with van der Waals surface area (Å²) in [6, 6.07) is 8.27. The van der Waals surface area contributed by atoms with Crippen LogP contribution in [0.2, 0.25) is 5.02 Å². The van der Waals surface area contributed by atoms with Gasteiger partial charge in [-0.1, -0.05) is 35.9 Å². The Kier molecular flexibility index (Phi) is 8.66. The lowest BCUT2D eigenvalue weighted by molar-refractivity contribution is -0.133. The van der Waals surface area contributed by atoms with E-state index in [0.717, 1.165) is 4.90 Å². The first kappa shape index (κ1) is 29.7. The number of carbonyl (C=O) groups is 3. The number of ether oxygens (including phenoxy) is 1. The van der Waals surface area contributed by atoms with Gasteiger partial charge in [0, 0.05) is 41.7 Å². The van der Waals surface area contributed by atoms with Gasteiger partial charge in [-0.25, -0.2) is 26.7 Å². The van der Waals surface area contributed by atoms with E-state index in [-0.39, 0.29) is 34.1 Å². The van der Waals surface area contributed by atoms with E-state index in [1.165, 1.54) is 55.5 Å². The number of anilines is 1. The molecule has 0 aromatic heterocycles. The summed E-state index contributed by atoms with van der Waals surface area (Å²) in [4.78, 5) is 42.7. The Morgan fingerprint density at radius 3 is 2.48 bits per heavy atom. The normalized spacial score (nSPS) is 19.4. The van der Waals surface area contributed by atoms with E-state index in [4.69, 9.17) is 16.3 Å². The number of alkyl halides is 2. The highest BCUT2D eigenvalue weighted by atomic mass is 35.5. The molecule has 1 aliphatic heterocycles. The molecule has 216 valence electrons. The molecule has 2 aromatic rings. The zero-order valence-corrected chi connectivity index (χ0v) is 23.3. The maximum atomic E-state index is 14.3. The second kappa shape index (κ2) is 11.7. The van der Waals surface area contributed by atoms with Crippen LogP contribution in [-0.2, 0) is 24.3 Å². The highest BCUT2D eigenvalue weighted by Crippen LogP contribution is 2.39. The number of hydrogen-bond acceptors (Lipinski definition) is 6. The van der Waals surface area contributed by atoms with Crippen LogP contribution in [-0.4, -0.2) is 69.9 Å². The molecule has 1 unspecified atom stereocenters. The molecule has 0 radical (unpaired) electrons. The number of amides is 3. The van der Waals surface area contributed by atoms with Crippen LogP contribution >= 0.6 is 11.6 Å². The second-order valence-corrected chi connectivity index (χ2v) is 11.9. The molecule has 10 nitrogen and oxygen atoms in total. The molecule has 2 atom stereocenters. The fourth-order valence-electron chi connectivity index (χ4n) is 4.98. The molecule has 4 rings (SSSR count). The van der Waals surface area contributed by atoms with E-state index in [0.29, 0.717) is 6.42 Å². The van der Waals surface area contributed by atoms with Crippen LogP contribution in [0.5, 0.6) is 0 Å². The van der Waals surface area contributed by atoms with Crippen LogP contribution in [0.25, 0.3) is 0 Å². The minimum absolute atomic E-state index is 0.0250. The average molecular weight is 599 g/mol. The summed E-state index contributed by atoms with van der Waals surface area (Å²) in [6.07, 6.45) is -1.12. The number of methoxy groups -OCH3 is 1. The third-order valence-electron chi connectivity index (χ3n) is 7.00. The molecule has 40 heavy (non-hydrogen) atoms. The summed E-state index contributed by atoms with van der Waals surface area (Å²) in [6.45, 7) is 0.227. The molecule has 2 aliphatic rings. The number of benzene rings is 2. The Bertz CT molecular complexity index is 1400. The molecule has 14 heteroatoms.